The molecular weight excluding hydrogens is 336 g/mol. The number of nitrogens with zero attached hydrogens (tertiary/aromatic N) is 2. The normalized spacial score (nSPS) is 20.2. The number of carbonyl (C=O) groups is 1. The SMILES string of the molecule is C[C@@H]1CCCN(C(=O)[C@H](C)N(c2ccc(Cl)cc2)S(C)(=O)=O)C1. The highest BCUT2D eigenvalue weighted by molar-refractivity contribution is 7.92. The molecule has 0 N–H and O–H groups in total. The Labute approximate surface area is 143 Å². The van der Waals surface area contributed by atoms with Gasteiger partial charge in [0.15, 0.2) is 0 Å². The maximum atomic E-state index is 12.8. The Morgan fingerprint density at radius 3 is 2.48 bits per heavy atom. The van der Waals surface area contributed by atoms with Gasteiger partial charge in [-0.1, -0.05) is 18.5 Å². The fourth-order valence-corrected chi connectivity index (χ4v) is 4.34. The fraction of sp³-hybridized carbons (Fsp3) is 0.562. The smallest absolute Gasteiger partial charge is 0.246 e. The van der Waals surface area contributed by atoms with Crippen LogP contribution in [0.2, 0.25) is 5.02 Å². The Morgan fingerprint density at radius 2 is 1.96 bits per heavy atom. The molecule has 2 rings (SSSR count). The van der Waals surface area contributed by atoms with E-state index in [1.54, 1.807) is 36.1 Å². The molecule has 0 aromatic heterocycles. The third kappa shape index (κ3) is 4.38. The van der Waals surface area contributed by atoms with E-state index in [2.05, 4.69) is 6.92 Å². The van der Waals surface area contributed by atoms with Crippen LogP contribution in [0.25, 0.3) is 0 Å². The van der Waals surface area contributed by atoms with Crippen molar-refractivity contribution in [1.82, 2.24) is 4.90 Å². The van der Waals surface area contributed by atoms with Gasteiger partial charge in [0.25, 0.3) is 0 Å². The third-order valence-electron chi connectivity index (χ3n) is 4.12. The predicted octanol–water partition coefficient (Wildman–Crippen LogP) is 2.75. The summed E-state index contributed by atoms with van der Waals surface area (Å²) in [6.45, 7) is 5.11. The van der Waals surface area contributed by atoms with Crippen molar-refractivity contribution in [1.29, 1.82) is 0 Å². The maximum absolute atomic E-state index is 12.8. The molecule has 23 heavy (non-hydrogen) atoms. The van der Waals surface area contributed by atoms with Crippen molar-refractivity contribution in [3.63, 3.8) is 0 Å². The second kappa shape index (κ2) is 7.09. The molecule has 128 valence electrons. The molecule has 1 fully saturated rings. The average Bonchev–Trinajstić information content (AvgIpc) is 2.47. The third-order valence-corrected chi connectivity index (χ3v) is 5.61. The molecule has 1 aromatic rings. The summed E-state index contributed by atoms with van der Waals surface area (Å²) in [6.07, 6.45) is 3.18. The Kier molecular flexibility index (Phi) is 5.57. The van der Waals surface area contributed by atoms with Gasteiger partial charge in [0, 0.05) is 18.1 Å². The minimum atomic E-state index is -3.58. The van der Waals surface area contributed by atoms with Crippen LogP contribution in [0.4, 0.5) is 5.69 Å². The van der Waals surface area contributed by atoms with Gasteiger partial charge in [-0.3, -0.25) is 9.10 Å². The number of halogens is 1. The van der Waals surface area contributed by atoms with E-state index in [1.807, 2.05) is 0 Å². The van der Waals surface area contributed by atoms with Crippen molar-refractivity contribution in [3.8, 4) is 0 Å². The van der Waals surface area contributed by atoms with E-state index in [1.165, 1.54) is 4.31 Å². The Balaban J connectivity index is 2.28. The summed E-state index contributed by atoms with van der Waals surface area (Å²) >= 11 is 5.87. The van der Waals surface area contributed by atoms with Crippen molar-refractivity contribution < 1.29 is 13.2 Å². The van der Waals surface area contributed by atoms with E-state index < -0.39 is 16.1 Å². The minimum Gasteiger partial charge on any atom is -0.341 e. The van der Waals surface area contributed by atoms with Gasteiger partial charge in [0.1, 0.15) is 6.04 Å². The van der Waals surface area contributed by atoms with Crippen molar-refractivity contribution in [2.45, 2.75) is 32.7 Å². The van der Waals surface area contributed by atoms with E-state index in [0.29, 0.717) is 29.7 Å². The first-order valence-electron chi connectivity index (χ1n) is 7.74. The number of sulfonamides is 1. The van der Waals surface area contributed by atoms with E-state index in [-0.39, 0.29) is 5.91 Å². The topological polar surface area (TPSA) is 57.7 Å². The lowest BCUT2D eigenvalue weighted by Crippen LogP contribution is -2.51. The Morgan fingerprint density at radius 1 is 1.35 bits per heavy atom. The van der Waals surface area contributed by atoms with E-state index in [9.17, 15) is 13.2 Å². The molecule has 0 aliphatic carbocycles. The molecule has 0 radical (unpaired) electrons. The summed E-state index contributed by atoms with van der Waals surface area (Å²) in [5.74, 6) is 0.291. The van der Waals surface area contributed by atoms with Gasteiger partial charge >= 0.3 is 0 Å². The molecule has 0 saturated carbocycles. The highest BCUT2D eigenvalue weighted by Crippen LogP contribution is 2.25. The first kappa shape index (κ1) is 18.1. The molecule has 5 nitrogen and oxygen atoms in total. The quantitative estimate of drug-likeness (QED) is 0.831. The predicted molar refractivity (Wildman–Crippen MR) is 93.2 cm³/mol. The van der Waals surface area contributed by atoms with Gasteiger partial charge in [-0.2, -0.15) is 0 Å². The zero-order valence-electron chi connectivity index (χ0n) is 13.7. The lowest BCUT2D eigenvalue weighted by molar-refractivity contribution is -0.133. The summed E-state index contributed by atoms with van der Waals surface area (Å²) in [7, 11) is -3.58. The summed E-state index contributed by atoms with van der Waals surface area (Å²) in [4.78, 5) is 14.5. The van der Waals surface area contributed by atoms with Gasteiger partial charge in [-0.15, -0.1) is 0 Å². The minimum absolute atomic E-state index is 0.156. The first-order valence-corrected chi connectivity index (χ1v) is 9.96. The number of likely N-dealkylation sites (tertiary alicyclic amines) is 1. The van der Waals surface area contributed by atoms with Crippen LogP contribution in [0.5, 0.6) is 0 Å². The van der Waals surface area contributed by atoms with Crippen LogP contribution in [0.1, 0.15) is 26.7 Å². The molecular formula is C16H23ClN2O3S. The van der Waals surface area contributed by atoms with Crippen molar-refractivity contribution in [2.75, 3.05) is 23.7 Å². The maximum Gasteiger partial charge on any atom is 0.246 e. The zero-order valence-corrected chi connectivity index (χ0v) is 15.3. The molecule has 1 aliphatic heterocycles. The van der Waals surface area contributed by atoms with Gasteiger partial charge in [0.2, 0.25) is 15.9 Å². The number of rotatable bonds is 4. The lowest BCUT2D eigenvalue weighted by Gasteiger charge is -2.36. The molecule has 1 heterocycles. The second-order valence-electron chi connectivity index (χ2n) is 6.24. The molecule has 2 atom stereocenters. The molecule has 1 amide bonds. The summed E-state index contributed by atoms with van der Waals surface area (Å²) in [5, 5.41) is 0.519. The molecule has 1 aromatic carbocycles. The Bertz CT molecular complexity index is 660. The van der Waals surface area contributed by atoms with Crippen molar-refractivity contribution >= 4 is 33.2 Å². The highest BCUT2D eigenvalue weighted by Gasteiger charge is 2.33. The number of hydrogen-bond acceptors (Lipinski definition) is 3. The number of piperidine rings is 1. The van der Waals surface area contributed by atoms with Crippen LogP contribution in [0.3, 0.4) is 0 Å². The summed E-state index contributed by atoms with van der Waals surface area (Å²) in [6, 6.07) is 5.69. The summed E-state index contributed by atoms with van der Waals surface area (Å²) in [5.41, 5.74) is 0.447. The van der Waals surface area contributed by atoms with Gasteiger partial charge in [-0.25, -0.2) is 8.42 Å². The van der Waals surface area contributed by atoms with Crippen LogP contribution in [-0.2, 0) is 14.8 Å². The van der Waals surface area contributed by atoms with Crippen molar-refractivity contribution in [2.24, 2.45) is 5.92 Å². The van der Waals surface area contributed by atoms with Crippen LogP contribution < -0.4 is 4.31 Å². The average molecular weight is 359 g/mol. The largest absolute Gasteiger partial charge is 0.341 e. The Hall–Kier alpha value is -1.27. The number of hydrogen-bond donors (Lipinski definition) is 0. The van der Waals surface area contributed by atoms with E-state index >= 15 is 0 Å². The van der Waals surface area contributed by atoms with E-state index in [0.717, 1.165) is 19.1 Å². The van der Waals surface area contributed by atoms with E-state index in [4.69, 9.17) is 11.6 Å². The molecule has 1 aliphatic rings. The molecule has 1 saturated heterocycles. The standard InChI is InChI=1S/C16H23ClN2O3S/c1-12-5-4-10-18(11-12)16(20)13(2)19(23(3,21)22)15-8-6-14(17)7-9-15/h6-9,12-13H,4-5,10-11H2,1-3H3/t12-,13+/m1/s1. The highest BCUT2D eigenvalue weighted by atomic mass is 35.5. The van der Waals surface area contributed by atoms with Gasteiger partial charge < -0.3 is 4.90 Å². The number of carbonyl (C=O) groups excluding carboxylic acids is 1. The van der Waals surface area contributed by atoms with Crippen LogP contribution in [-0.4, -0.2) is 44.6 Å². The van der Waals surface area contributed by atoms with Gasteiger partial charge in [0.05, 0.1) is 11.9 Å². The second-order valence-corrected chi connectivity index (χ2v) is 8.54. The zero-order chi connectivity index (χ0) is 17.2. The van der Waals surface area contributed by atoms with Crippen molar-refractivity contribution in [3.05, 3.63) is 29.3 Å². The fourth-order valence-electron chi connectivity index (χ4n) is 3.04. The number of anilines is 1. The van der Waals surface area contributed by atoms with Crippen LogP contribution in [0, 0.1) is 5.92 Å². The van der Waals surface area contributed by atoms with Crippen LogP contribution in [0.15, 0.2) is 24.3 Å². The van der Waals surface area contributed by atoms with Crippen LogP contribution >= 0.6 is 11.6 Å². The molecule has 0 bridgehead atoms. The first-order chi connectivity index (χ1) is 10.7. The summed E-state index contributed by atoms with van der Waals surface area (Å²) < 4.78 is 25.6. The van der Waals surface area contributed by atoms with Gasteiger partial charge in [-0.05, 0) is 49.9 Å². The number of amides is 1. The molecule has 0 spiro atoms. The number of benzene rings is 1. The molecule has 0 unspecified atom stereocenters. The monoisotopic (exact) mass is 358 g/mol. The lowest BCUT2D eigenvalue weighted by atomic mass is 10.00. The molecule has 7 heteroatoms.